The Kier molecular flexibility index (Phi) is 2.47. The SMILES string of the molecule is Brc1cccc2c1N(C1CCC1)CCC2. The van der Waals surface area contributed by atoms with Gasteiger partial charge >= 0.3 is 0 Å². The van der Waals surface area contributed by atoms with Crippen LogP contribution in [0.2, 0.25) is 0 Å². The van der Waals surface area contributed by atoms with Crippen LogP contribution in [0.15, 0.2) is 22.7 Å². The number of anilines is 1. The number of hydrogen-bond donors (Lipinski definition) is 0. The fourth-order valence-electron chi connectivity index (χ4n) is 2.70. The molecule has 0 saturated heterocycles. The number of nitrogens with zero attached hydrogens (tertiary/aromatic N) is 1. The minimum atomic E-state index is 0.822. The molecule has 0 spiro atoms. The largest absolute Gasteiger partial charge is 0.367 e. The van der Waals surface area contributed by atoms with Crippen LogP contribution in [-0.2, 0) is 6.42 Å². The summed E-state index contributed by atoms with van der Waals surface area (Å²) in [6.07, 6.45) is 6.76. The van der Waals surface area contributed by atoms with E-state index in [1.807, 2.05) is 0 Å². The van der Waals surface area contributed by atoms with Crippen molar-refractivity contribution in [3.8, 4) is 0 Å². The molecule has 0 radical (unpaired) electrons. The molecular formula is C13H16BrN. The van der Waals surface area contributed by atoms with Crippen LogP contribution in [0.25, 0.3) is 0 Å². The minimum Gasteiger partial charge on any atom is -0.367 e. The fourth-order valence-corrected chi connectivity index (χ4v) is 3.33. The third kappa shape index (κ3) is 1.59. The maximum atomic E-state index is 3.70. The van der Waals surface area contributed by atoms with Gasteiger partial charge in [-0.25, -0.2) is 0 Å². The van der Waals surface area contributed by atoms with Crippen LogP contribution in [0.5, 0.6) is 0 Å². The van der Waals surface area contributed by atoms with Crippen molar-refractivity contribution >= 4 is 21.6 Å². The van der Waals surface area contributed by atoms with E-state index in [0.29, 0.717) is 0 Å². The van der Waals surface area contributed by atoms with Crippen molar-refractivity contribution in [3.05, 3.63) is 28.2 Å². The predicted octanol–water partition coefficient (Wildman–Crippen LogP) is 3.75. The third-order valence-electron chi connectivity index (χ3n) is 3.72. The van der Waals surface area contributed by atoms with E-state index in [1.165, 1.54) is 54.4 Å². The molecule has 1 aliphatic heterocycles. The molecule has 15 heavy (non-hydrogen) atoms. The molecule has 1 aromatic rings. The maximum absolute atomic E-state index is 3.70. The highest BCUT2D eigenvalue weighted by Crippen LogP contribution is 2.39. The highest BCUT2D eigenvalue weighted by molar-refractivity contribution is 9.10. The molecule has 0 N–H and O–H groups in total. The smallest absolute Gasteiger partial charge is 0.0545 e. The number of benzene rings is 1. The average Bonchev–Trinajstić information content (AvgIpc) is 2.15. The van der Waals surface area contributed by atoms with E-state index in [1.54, 1.807) is 0 Å². The summed E-state index contributed by atoms with van der Waals surface area (Å²) in [6, 6.07) is 7.44. The van der Waals surface area contributed by atoms with Crippen molar-refractivity contribution in [2.24, 2.45) is 0 Å². The van der Waals surface area contributed by atoms with Gasteiger partial charge in [-0.2, -0.15) is 0 Å². The molecule has 1 aromatic carbocycles. The van der Waals surface area contributed by atoms with E-state index in [-0.39, 0.29) is 0 Å². The van der Waals surface area contributed by atoms with Crippen LogP contribution in [0, 0.1) is 0 Å². The summed E-state index contributed by atoms with van der Waals surface area (Å²) in [7, 11) is 0. The Balaban J connectivity index is 2.00. The minimum absolute atomic E-state index is 0.822. The molecule has 3 rings (SSSR count). The van der Waals surface area contributed by atoms with Crippen molar-refractivity contribution in [1.82, 2.24) is 0 Å². The predicted molar refractivity (Wildman–Crippen MR) is 67.4 cm³/mol. The van der Waals surface area contributed by atoms with Crippen molar-refractivity contribution in [2.45, 2.75) is 38.1 Å². The molecule has 1 heterocycles. The second-order valence-corrected chi connectivity index (χ2v) is 5.48. The van der Waals surface area contributed by atoms with Gasteiger partial charge < -0.3 is 4.90 Å². The Morgan fingerprint density at radius 2 is 2.07 bits per heavy atom. The topological polar surface area (TPSA) is 3.24 Å². The molecule has 1 nitrogen and oxygen atoms in total. The van der Waals surface area contributed by atoms with Crippen molar-refractivity contribution in [3.63, 3.8) is 0 Å². The second kappa shape index (κ2) is 3.82. The van der Waals surface area contributed by atoms with Gasteiger partial charge in [0.15, 0.2) is 0 Å². The maximum Gasteiger partial charge on any atom is 0.0545 e. The zero-order valence-electron chi connectivity index (χ0n) is 8.88. The van der Waals surface area contributed by atoms with Crippen molar-refractivity contribution in [1.29, 1.82) is 0 Å². The van der Waals surface area contributed by atoms with Gasteiger partial charge in [-0.3, -0.25) is 0 Å². The van der Waals surface area contributed by atoms with E-state index in [0.717, 1.165) is 6.04 Å². The van der Waals surface area contributed by atoms with Crippen molar-refractivity contribution < 1.29 is 0 Å². The molecule has 80 valence electrons. The van der Waals surface area contributed by atoms with Crippen LogP contribution < -0.4 is 4.90 Å². The molecule has 0 aromatic heterocycles. The number of rotatable bonds is 1. The summed E-state index contributed by atoms with van der Waals surface area (Å²) < 4.78 is 1.28. The standard InChI is InChI=1S/C13H16BrN/c14-12-8-1-4-10-5-3-9-15(13(10)12)11-6-2-7-11/h1,4,8,11H,2-3,5-7,9H2. The Labute approximate surface area is 99.6 Å². The summed E-state index contributed by atoms with van der Waals surface area (Å²) in [4.78, 5) is 2.63. The zero-order chi connectivity index (χ0) is 10.3. The first-order chi connectivity index (χ1) is 7.36. The molecule has 0 amide bonds. The van der Waals surface area contributed by atoms with E-state index in [4.69, 9.17) is 0 Å². The van der Waals surface area contributed by atoms with Crippen LogP contribution in [-0.4, -0.2) is 12.6 Å². The number of aryl methyl sites for hydroxylation is 1. The van der Waals surface area contributed by atoms with Gasteiger partial charge in [0.25, 0.3) is 0 Å². The highest BCUT2D eigenvalue weighted by atomic mass is 79.9. The first-order valence-electron chi connectivity index (χ1n) is 5.90. The normalized spacial score (nSPS) is 21.0. The van der Waals surface area contributed by atoms with Crippen LogP contribution in [0.1, 0.15) is 31.2 Å². The molecule has 2 heteroatoms. The van der Waals surface area contributed by atoms with Crippen LogP contribution in [0.4, 0.5) is 5.69 Å². The molecule has 1 saturated carbocycles. The summed E-state index contributed by atoms with van der Waals surface area (Å²) in [5.74, 6) is 0. The van der Waals surface area contributed by atoms with Gasteiger partial charge in [-0.1, -0.05) is 12.1 Å². The summed E-state index contributed by atoms with van der Waals surface area (Å²) in [5.41, 5.74) is 3.01. The first kappa shape index (κ1) is 9.71. The first-order valence-corrected chi connectivity index (χ1v) is 6.69. The molecular weight excluding hydrogens is 250 g/mol. The van der Waals surface area contributed by atoms with Gasteiger partial charge in [0.2, 0.25) is 0 Å². The Hall–Kier alpha value is -0.500. The van der Waals surface area contributed by atoms with E-state index in [2.05, 4.69) is 39.0 Å². The van der Waals surface area contributed by atoms with Gasteiger partial charge in [-0.05, 0) is 59.7 Å². The van der Waals surface area contributed by atoms with Crippen LogP contribution in [0.3, 0.4) is 0 Å². The summed E-state index contributed by atoms with van der Waals surface area (Å²) >= 11 is 3.70. The van der Waals surface area contributed by atoms with E-state index >= 15 is 0 Å². The Morgan fingerprint density at radius 1 is 1.20 bits per heavy atom. The van der Waals surface area contributed by atoms with E-state index < -0.39 is 0 Å². The summed E-state index contributed by atoms with van der Waals surface area (Å²) in [6.45, 7) is 1.25. The Morgan fingerprint density at radius 3 is 2.80 bits per heavy atom. The zero-order valence-corrected chi connectivity index (χ0v) is 10.5. The fraction of sp³-hybridized carbons (Fsp3) is 0.538. The lowest BCUT2D eigenvalue weighted by molar-refractivity contribution is 0.379. The second-order valence-electron chi connectivity index (χ2n) is 4.63. The van der Waals surface area contributed by atoms with Crippen LogP contribution >= 0.6 is 15.9 Å². The monoisotopic (exact) mass is 265 g/mol. The van der Waals surface area contributed by atoms with E-state index in [9.17, 15) is 0 Å². The van der Waals surface area contributed by atoms with Crippen molar-refractivity contribution in [2.75, 3.05) is 11.4 Å². The Bertz CT molecular complexity index is 371. The quantitative estimate of drug-likeness (QED) is 0.748. The molecule has 0 bridgehead atoms. The summed E-state index contributed by atoms with van der Waals surface area (Å²) in [5, 5.41) is 0. The van der Waals surface area contributed by atoms with Gasteiger partial charge in [0.1, 0.15) is 0 Å². The molecule has 1 fully saturated rings. The average molecular weight is 266 g/mol. The number of halogens is 1. The lowest BCUT2D eigenvalue weighted by Gasteiger charge is -2.43. The number of para-hydroxylation sites is 1. The molecule has 1 aliphatic carbocycles. The lowest BCUT2D eigenvalue weighted by Crippen LogP contribution is -2.43. The molecule has 2 aliphatic rings. The number of hydrogen-bond acceptors (Lipinski definition) is 1. The molecule has 0 unspecified atom stereocenters. The highest BCUT2D eigenvalue weighted by Gasteiger charge is 2.29. The number of fused-ring (bicyclic) bond motifs is 1. The van der Waals surface area contributed by atoms with Gasteiger partial charge in [0.05, 0.1) is 5.69 Å². The lowest BCUT2D eigenvalue weighted by atomic mass is 9.88. The van der Waals surface area contributed by atoms with Gasteiger partial charge in [0, 0.05) is 17.1 Å². The third-order valence-corrected chi connectivity index (χ3v) is 4.36. The molecule has 0 atom stereocenters. The van der Waals surface area contributed by atoms with Gasteiger partial charge in [-0.15, -0.1) is 0 Å².